The summed E-state index contributed by atoms with van der Waals surface area (Å²) >= 11 is 0. The number of ether oxygens (including phenoxy) is 1. The maximum absolute atomic E-state index is 8.49. The van der Waals surface area contributed by atoms with Crippen LogP contribution in [0.4, 0.5) is 0 Å². The minimum Gasteiger partial charge on any atom is -0.493 e. The van der Waals surface area contributed by atoms with Crippen LogP contribution in [0.5, 0.6) is 5.75 Å². The lowest BCUT2D eigenvalue weighted by molar-refractivity contribution is -2.00. The van der Waals surface area contributed by atoms with Crippen molar-refractivity contribution < 1.29 is 38.0 Å². The van der Waals surface area contributed by atoms with Crippen molar-refractivity contribution in [1.82, 2.24) is 0 Å². The number of benzene rings is 1. The van der Waals surface area contributed by atoms with E-state index < -0.39 is 10.2 Å². The fraction of sp³-hybridized carbons (Fsp3) is 0.250. The molecule has 1 heterocycles. The van der Waals surface area contributed by atoms with Crippen molar-refractivity contribution in [2.24, 2.45) is 0 Å². The third kappa shape index (κ3) is 5.82. The molecule has 0 saturated carbocycles. The summed E-state index contributed by atoms with van der Waals surface area (Å²) in [6, 6.07) is 7.92. The van der Waals surface area contributed by atoms with Gasteiger partial charge in [0.1, 0.15) is 11.1 Å². The quantitative estimate of drug-likeness (QED) is 0.632. The van der Waals surface area contributed by atoms with E-state index in [1.54, 1.807) is 6.26 Å². The van der Waals surface area contributed by atoms with E-state index in [0.717, 1.165) is 16.7 Å². The lowest BCUT2D eigenvalue weighted by Crippen LogP contribution is -2.68. The Bertz CT molecular complexity index is 531. The molecular weight excluding hydrogens is 276 g/mol. The van der Waals surface area contributed by atoms with Gasteiger partial charge in [-0.1, -0.05) is 0 Å². The lowest BCUT2D eigenvalue weighted by Gasteiger charge is -2.17. The van der Waals surface area contributed by atoms with Gasteiger partial charge in [-0.2, -0.15) is 0 Å². The molecule has 2 aromatic rings. The van der Waals surface area contributed by atoms with Crippen LogP contribution in [0.25, 0.3) is 11.0 Å². The number of hydrogen-bond donors (Lipinski definition) is 0. The first-order valence-electron chi connectivity index (χ1n) is 5.37. The molecule has 0 aliphatic rings. The number of fused-ring (bicyclic) bond motifs is 1. The van der Waals surface area contributed by atoms with Gasteiger partial charge in [-0.15, -0.1) is 10.2 Å². The van der Waals surface area contributed by atoms with Gasteiger partial charge in [0.15, 0.2) is 0 Å². The molecule has 0 fully saturated rings. The van der Waals surface area contributed by atoms with E-state index in [2.05, 4.69) is 13.0 Å². The standard InChI is InChI=1S/C12H13O2.ClHO4/c1-3-13-12-6-7-14-11-5-4-9(2)8-10(11)12;2-1(3,4)5/h4-8H,3H2,1-2H3;(H,2,3,4,5)/q+1;/p-1. The molecule has 0 aliphatic heterocycles. The molecule has 0 N–H and O–H groups in total. The van der Waals surface area contributed by atoms with Gasteiger partial charge in [0, 0.05) is 6.07 Å². The highest BCUT2D eigenvalue weighted by Crippen LogP contribution is 2.26. The van der Waals surface area contributed by atoms with Crippen molar-refractivity contribution in [3.63, 3.8) is 0 Å². The Labute approximate surface area is 112 Å². The van der Waals surface area contributed by atoms with Crippen LogP contribution >= 0.6 is 0 Å². The number of aryl methyl sites for hydroxylation is 1. The van der Waals surface area contributed by atoms with Gasteiger partial charge < -0.3 is 4.74 Å². The highest BCUT2D eigenvalue weighted by Gasteiger charge is 2.10. The van der Waals surface area contributed by atoms with E-state index >= 15 is 0 Å². The van der Waals surface area contributed by atoms with Crippen LogP contribution in [0, 0.1) is 17.2 Å². The normalized spacial score (nSPS) is 10.8. The molecule has 2 rings (SSSR count). The predicted molar refractivity (Wildman–Crippen MR) is 56.5 cm³/mol. The van der Waals surface area contributed by atoms with Crippen LogP contribution in [-0.4, -0.2) is 6.61 Å². The molecule has 7 heteroatoms. The van der Waals surface area contributed by atoms with Gasteiger partial charge in [-0.05, 0) is 31.5 Å². The third-order valence-corrected chi connectivity index (χ3v) is 2.11. The minimum absolute atomic E-state index is 0.674. The summed E-state index contributed by atoms with van der Waals surface area (Å²) in [6.45, 7) is 4.71. The van der Waals surface area contributed by atoms with E-state index in [-0.39, 0.29) is 0 Å². The zero-order valence-electron chi connectivity index (χ0n) is 10.4. The Morgan fingerprint density at radius 3 is 2.37 bits per heavy atom. The molecule has 0 atom stereocenters. The Hall–Kier alpha value is -1.44. The first-order valence-corrected chi connectivity index (χ1v) is 6.60. The van der Waals surface area contributed by atoms with Crippen molar-refractivity contribution in [1.29, 1.82) is 0 Å². The van der Waals surface area contributed by atoms with Crippen molar-refractivity contribution in [2.45, 2.75) is 13.8 Å². The van der Waals surface area contributed by atoms with Crippen molar-refractivity contribution in [3.8, 4) is 5.75 Å². The maximum Gasteiger partial charge on any atom is 0.363 e. The summed E-state index contributed by atoms with van der Waals surface area (Å²) in [5, 5.41) is 1.04. The van der Waals surface area contributed by atoms with Crippen LogP contribution < -0.4 is 23.4 Å². The molecule has 0 amide bonds. The third-order valence-electron chi connectivity index (χ3n) is 2.11. The van der Waals surface area contributed by atoms with E-state index in [4.69, 9.17) is 27.8 Å². The number of rotatable bonds is 2. The second kappa shape index (κ2) is 6.65. The molecule has 6 nitrogen and oxygen atoms in total. The molecule has 1 aromatic heterocycles. The first kappa shape index (κ1) is 15.6. The Balaban J connectivity index is 0.000000312. The first-order chi connectivity index (χ1) is 8.81. The zero-order valence-corrected chi connectivity index (χ0v) is 11.2. The van der Waals surface area contributed by atoms with Crippen LogP contribution in [0.1, 0.15) is 12.5 Å². The minimum atomic E-state index is -4.94. The number of halogens is 1. The molecule has 0 radical (unpaired) electrons. The fourth-order valence-corrected chi connectivity index (χ4v) is 1.48. The van der Waals surface area contributed by atoms with E-state index in [1.165, 1.54) is 5.56 Å². The molecule has 0 unspecified atom stereocenters. The van der Waals surface area contributed by atoms with Crippen LogP contribution in [0.2, 0.25) is 0 Å². The molecule has 0 aliphatic carbocycles. The second-order valence-electron chi connectivity index (χ2n) is 3.60. The van der Waals surface area contributed by atoms with Gasteiger partial charge >= 0.3 is 11.8 Å². The Kier molecular flexibility index (Phi) is 5.46. The van der Waals surface area contributed by atoms with Crippen LogP contribution in [0.15, 0.2) is 34.9 Å². The van der Waals surface area contributed by atoms with Crippen LogP contribution in [0.3, 0.4) is 0 Å². The Morgan fingerprint density at radius 1 is 1.16 bits per heavy atom. The van der Waals surface area contributed by atoms with E-state index in [1.807, 2.05) is 25.1 Å². The van der Waals surface area contributed by atoms with Gasteiger partial charge in [0.25, 0.3) is 0 Å². The summed E-state index contributed by atoms with van der Waals surface area (Å²) < 4.78 is 44.9. The zero-order chi connectivity index (χ0) is 14.5. The maximum atomic E-state index is 8.49. The van der Waals surface area contributed by atoms with Crippen molar-refractivity contribution in [2.75, 3.05) is 6.61 Å². The molecule has 104 valence electrons. The van der Waals surface area contributed by atoms with Gasteiger partial charge in [0.2, 0.25) is 0 Å². The molecule has 0 spiro atoms. The highest BCUT2D eigenvalue weighted by atomic mass is 35.7. The average molecular weight is 289 g/mol. The number of hydrogen-bond acceptors (Lipinski definition) is 5. The predicted octanol–water partition coefficient (Wildman–Crippen LogP) is -1.33. The molecule has 1 aromatic carbocycles. The van der Waals surface area contributed by atoms with E-state index in [0.29, 0.717) is 6.61 Å². The molecule has 0 saturated heterocycles. The lowest BCUT2D eigenvalue weighted by atomic mass is 10.1. The van der Waals surface area contributed by atoms with Gasteiger partial charge in [0.05, 0.1) is 12.7 Å². The summed E-state index contributed by atoms with van der Waals surface area (Å²) in [6.07, 6.45) is 1.66. The van der Waals surface area contributed by atoms with Crippen molar-refractivity contribution in [3.05, 3.63) is 36.1 Å². The summed E-state index contributed by atoms with van der Waals surface area (Å²) in [5.41, 5.74) is 2.07. The molecular formula is C12H13ClO6. The van der Waals surface area contributed by atoms with Crippen molar-refractivity contribution >= 4 is 11.0 Å². The van der Waals surface area contributed by atoms with E-state index in [9.17, 15) is 0 Å². The molecule has 0 bridgehead atoms. The van der Waals surface area contributed by atoms with Gasteiger partial charge in [-0.3, -0.25) is 0 Å². The fourth-order valence-electron chi connectivity index (χ4n) is 1.48. The average Bonchev–Trinajstić information content (AvgIpc) is 2.28. The summed E-state index contributed by atoms with van der Waals surface area (Å²) in [7, 11) is -4.94. The highest BCUT2D eigenvalue weighted by molar-refractivity contribution is 5.83. The second-order valence-corrected chi connectivity index (χ2v) is 4.35. The topological polar surface area (TPSA) is 113 Å². The largest absolute Gasteiger partial charge is 0.493 e. The summed E-state index contributed by atoms with van der Waals surface area (Å²) in [4.78, 5) is 0. The smallest absolute Gasteiger partial charge is 0.363 e. The Morgan fingerprint density at radius 2 is 1.79 bits per heavy atom. The SMILES string of the molecule is CCOc1cc[o+]c2ccc(C)cc12.[O-][Cl+3]([O-])([O-])[O-]. The molecule has 19 heavy (non-hydrogen) atoms. The summed E-state index contributed by atoms with van der Waals surface area (Å²) in [5.74, 6) is 0.887. The monoisotopic (exact) mass is 288 g/mol. The van der Waals surface area contributed by atoms with Gasteiger partial charge in [-0.25, -0.2) is 23.1 Å². The van der Waals surface area contributed by atoms with Crippen LogP contribution in [-0.2, 0) is 0 Å².